The van der Waals surface area contributed by atoms with Gasteiger partial charge >= 0.3 is 0 Å². The SMILES string of the molecule is Cc1cc(F)cc(-c2cc(C(=O)N[C@H](C)c3ccc4ccccc4c3)c(N3CCOCC3)nn2)c1. The first-order valence-electron chi connectivity index (χ1n) is 11.8. The second-order valence-corrected chi connectivity index (χ2v) is 8.89. The van der Waals surface area contributed by atoms with Crippen LogP contribution in [0.3, 0.4) is 0 Å². The van der Waals surface area contributed by atoms with Crippen LogP contribution < -0.4 is 10.2 Å². The summed E-state index contributed by atoms with van der Waals surface area (Å²) < 4.78 is 19.5. The van der Waals surface area contributed by atoms with E-state index < -0.39 is 0 Å². The molecule has 0 spiro atoms. The van der Waals surface area contributed by atoms with E-state index in [9.17, 15) is 9.18 Å². The summed E-state index contributed by atoms with van der Waals surface area (Å²) in [6.45, 7) is 6.13. The van der Waals surface area contributed by atoms with Gasteiger partial charge in [-0.05, 0) is 66.1 Å². The Hall–Kier alpha value is -3.84. The summed E-state index contributed by atoms with van der Waals surface area (Å²) in [5.74, 6) is -0.0974. The topological polar surface area (TPSA) is 67.4 Å². The van der Waals surface area contributed by atoms with Crippen molar-refractivity contribution < 1.29 is 13.9 Å². The van der Waals surface area contributed by atoms with Crippen LogP contribution in [0.15, 0.2) is 66.7 Å². The Balaban J connectivity index is 1.48. The number of amides is 1. The van der Waals surface area contributed by atoms with Crippen LogP contribution in [0.1, 0.15) is 34.5 Å². The van der Waals surface area contributed by atoms with Crippen LogP contribution in [0, 0.1) is 12.7 Å². The largest absolute Gasteiger partial charge is 0.378 e. The second kappa shape index (κ2) is 9.80. The van der Waals surface area contributed by atoms with E-state index >= 15 is 0 Å². The summed E-state index contributed by atoms with van der Waals surface area (Å²) in [5.41, 5.74) is 3.22. The lowest BCUT2D eigenvalue weighted by atomic mass is 10.0. The number of morpholine rings is 1. The fourth-order valence-electron chi connectivity index (χ4n) is 4.42. The van der Waals surface area contributed by atoms with Gasteiger partial charge in [0.25, 0.3) is 5.91 Å². The predicted octanol–water partition coefficient (Wildman–Crippen LogP) is 5.07. The monoisotopic (exact) mass is 470 g/mol. The van der Waals surface area contributed by atoms with Gasteiger partial charge in [0, 0.05) is 18.7 Å². The van der Waals surface area contributed by atoms with Crippen LogP contribution in [0.2, 0.25) is 0 Å². The zero-order valence-corrected chi connectivity index (χ0v) is 19.8. The molecule has 3 aromatic carbocycles. The lowest BCUT2D eigenvalue weighted by Crippen LogP contribution is -2.39. The van der Waals surface area contributed by atoms with Crippen LogP contribution in [0.5, 0.6) is 0 Å². The van der Waals surface area contributed by atoms with Gasteiger partial charge in [-0.25, -0.2) is 4.39 Å². The molecule has 1 aromatic heterocycles. The van der Waals surface area contributed by atoms with E-state index in [-0.39, 0.29) is 17.8 Å². The number of anilines is 1. The molecule has 178 valence electrons. The molecule has 4 aromatic rings. The number of hydrogen-bond acceptors (Lipinski definition) is 5. The minimum atomic E-state index is -0.352. The number of fused-ring (bicyclic) bond motifs is 1. The summed E-state index contributed by atoms with van der Waals surface area (Å²) in [5, 5.41) is 14.1. The maximum Gasteiger partial charge on any atom is 0.255 e. The van der Waals surface area contributed by atoms with Crippen LogP contribution in [-0.4, -0.2) is 42.4 Å². The molecule has 1 amide bonds. The number of benzene rings is 3. The maximum absolute atomic E-state index is 14.1. The number of rotatable bonds is 5. The molecule has 6 nitrogen and oxygen atoms in total. The highest BCUT2D eigenvalue weighted by Gasteiger charge is 2.24. The molecular weight excluding hydrogens is 443 g/mol. The molecule has 35 heavy (non-hydrogen) atoms. The van der Waals surface area contributed by atoms with Crippen LogP contribution in [0.4, 0.5) is 10.2 Å². The summed E-state index contributed by atoms with van der Waals surface area (Å²) in [7, 11) is 0. The van der Waals surface area contributed by atoms with Crippen LogP contribution >= 0.6 is 0 Å². The molecule has 0 saturated carbocycles. The van der Waals surface area contributed by atoms with Crippen molar-refractivity contribution in [2.24, 2.45) is 0 Å². The minimum absolute atomic E-state index is 0.224. The van der Waals surface area contributed by atoms with Crippen LogP contribution in [0.25, 0.3) is 22.0 Å². The Morgan fingerprint density at radius 1 is 1.00 bits per heavy atom. The fraction of sp³-hybridized carbons (Fsp3) is 0.250. The van der Waals surface area contributed by atoms with Gasteiger partial charge in [-0.3, -0.25) is 4.79 Å². The third-order valence-electron chi connectivity index (χ3n) is 6.29. The number of nitrogens with one attached hydrogen (secondary N) is 1. The Morgan fingerprint density at radius 2 is 1.77 bits per heavy atom. The normalized spacial score (nSPS) is 14.7. The Bertz CT molecular complexity index is 1360. The molecule has 2 heterocycles. The third-order valence-corrected chi connectivity index (χ3v) is 6.29. The van der Waals surface area contributed by atoms with Gasteiger partial charge in [-0.1, -0.05) is 36.4 Å². The van der Waals surface area contributed by atoms with Gasteiger partial charge in [-0.2, -0.15) is 0 Å². The number of halogens is 1. The zero-order chi connectivity index (χ0) is 24.4. The van der Waals surface area contributed by atoms with E-state index in [4.69, 9.17) is 4.74 Å². The molecule has 1 saturated heterocycles. The summed E-state index contributed by atoms with van der Waals surface area (Å²) in [6.07, 6.45) is 0. The first kappa shape index (κ1) is 22.9. The van der Waals surface area contributed by atoms with E-state index in [0.717, 1.165) is 21.9 Å². The van der Waals surface area contributed by atoms with Crippen molar-refractivity contribution in [1.29, 1.82) is 0 Å². The molecule has 0 bridgehead atoms. The Labute approximate surface area is 203 Å². The minimum Gasteiger partial charge on any atom is -0.378 e. The number of aromatic nitrogens is 2. The maximum atomic E-state index is 14.1. The Kier molecular flexibility index (Phi) is 6.42. The summed E-state index contributed by atoms with van der Waals surface area (Å²) in [4.78, 5) is 15.6. The molecule has 1 N–H and O–H groups in total. The van der Waals surface area contributed by atoms with E-state index in [2.05, 4.69) is 39.8 Å². The fourth-order valence-corrected chi connectivity index (χ4v) is 4.42. The summed E-state index contributed by atoms with van der Waals surface area (Å²) >= 11 is 0. The summed E-state index contributed by atoms with van der Waals surface area (Å²) in [6, 6.07) is 20.5. The highest BCUT2D eigenvalue weighted by Crippen LogP contribution is 2.27. The highest BCUT2D eigenvalue weighted by molar-refractivity contribution is 6.00. The van der Waals surface area contributed by atoms with Crippen molar-refractivity contribution in [3.8, 4) is 11.3 Å². The number of carbonyl (C=O) groups is 1. The molecule has 1 fully saturated rings. The number of hydrogen-bond donors (Lipinski definition) is 1. The van der Waals surface area contributed by atoms with E-state index in [1.807, 2.05) is 43.0 Å². The molecule has 1 aliphatic rings. The molecule has 7 heteroatoms. The average molecular weight is 471 g/mol. The van der Waals surface area contributed by atoms with Crippen LogP contribution in [-0.2, 0) is 4.74 Å². The average Bonchev–Trinajstić information content (AvgIpc) is 2.88. The smallest absolute Gasteiger partial charge is 0.255 e. The molecule has 1 aliphatic heterocycles. The van der Waals surface area contributed by atoms with Crippen molar-refractivity contribution in [1.82, 2.24) is 15.5 Å². The lowest BCUT2D eigenvalue weighted by Gasteiger charge is -2.29. The molecular formula is C28H27FN4O2. The van der Waals surface area contributed by atoms with E-state index in [0.29, 0.717) is 48.9 Å². The standard InChI is InChI=1S/C28H27FN4O2/c1-18-13-23(16-24(29)14-18)26-17-25(27(32-31-26)33-9-11-35-12-10-33)28(34)30-19(2)21-8-7-20-5-3-4-6-22(20)15-21/h3-8,13-17,19H,9-12H2,1-2H3,(H,30,34)/t19-/m1/s1. The van der Waals surface area contributed by atoms with Gasteiger partial charge in [0.05, 0.1) is 30.5 Å². The molecule has 0 radical (unpaired) electrons. The first-order valence-corrected chi connectivity index (χ1v) is 11.8. The number of carbonyl (C=O) groups excluding carboxylic acids is 1. The number of aryl methyl sites for hydroxylation is 1. The second-order valence-electron chi connectivity index (χ2n) is 8.89. The van der Waals surface area contributed by atoms with Crippen molar-refractivity contribution >= 4 is 22.5 Å². The number of nitrogens with zero attached hydrogens (tertiary/aromatic N) is 3. The van der Waals surface area contributed by atoms with Gasteiger partial charge in [0.15, 0.2) is 5.82 Å². The number of ether oxygens (including phenoxy) is 1. The first-order chi connectivity index (χ1) is 17.0. The Morgan fingerprint density at radius 3 is 2.54 bits per heavy atom. The predicted molar refractivity (Wildman–Crippen MR) is 135 cm³/mol. The zero-order valence-electron chi connectivity index (χ0n) is 19.8. The quantitative estimate of drug-likeness (QED) is 0.441. The van der Waals surface area contributed by atoms with Crippen molar-refractivity contribution in [3.63, 3.8) is 0 Å². The van der Waals surface area contributed by atoms with Gasteiger partial charge in [-0.15, -0.1) is 10.2 Å². The molecule has 1 atom stereocenters. The molecule has 5 rings (SSSR count). The molecule has 0 aliphatic carbocycles. The van der Waals surface area contributed by atoms with E-state index in [1.54, 1.807) is 6.07 Å². The highest BCUT2D eigenvalue weighted by atomic mass is 19.1. The van der Waals surface area contributed by atoms with Gasteiger partial charge < -0.3 is 15.0 Å². The molecule has 0 unspecified atom stereocenters. The van der Waals surface area contributed by atoms with Gasteiger partial charge in [0.1, 0.15) is 5.82 Å². The third kappa shape index (κ3) is 5.00. The van der Waals surface area contributed by atoms with Crippen molar-refractivity contribution in [2.45, 2.75) is 19.9 Å². The van der Waals surface area contributed by atoms with Crippen molar-refractivity contribution in [3.05, 3.63) is 89.2 Å². The van der Waals surface area contributed by atoms with Gasteiger partial charge in [0.2, 0.25) is 0 Å². The van der Waals surface area contributed by atoms with Crippen molar-refractivity contribution in [2.75, 3.05) is 31.2 Å². The lowest BCUT2D eigenvalue weighted by molar-refractivity contribution is 0.0937. The van der Waals surface area contributed by atoms with E-state index in [1.165, 1.54) is 12.1 Å².